The highest BCUT2D eigenvalue weighted by atomic mass is 16.5. The second kappa shape index (κ2) is 9.01. The normalized spacial score (nSPS) is 26.4. The Morgan fingerprint density at radius 3 is 2.70 bits per heavy atom. The zero-order valence-corrected chi connectivity index (χ0v) is 13.6. The molecule has 0 amide bonds. The molecule has 2 atom stereocenters. The summed E-state index contributed by atoms with van der Waals surface area (Å²) in [5.41, 5.74) is 0. The fourth-order valence-corrected chi connectivity index (χ4v) is 3.73. The van der Waals surface area contributed by atoms with Crippen molar-refractivity contribution in [2.45, 2.75) is 70.9 Å². The van der Waals surface area contributed by atoms with Gasteiger partial charge < -0.3 is 4.74 Å². The minimum Gasteiger partial charge on any atom is -0.378 e. The van der Waals surface area contributed by atoms with Crippen molar-refractivity contribution >= 4 is 0 Å². The summed E-state index contributed by atoms with van der Waals surface area (Å²) >= 11 is 0. The summed E-state index contributed by atoms with van der Waals surface area (Å²) in [6.45, 7) is 11.4. The molecule has 2 saturated heterocycles. The third-order valence-corrected chi connectivity index (χ3v) is 5.10. The van der Waals surface area contributed by atoms with Gasteiger partial charge in [0.25, 0.3) is 0 Å². The molecule has 2 aliphatic rings. The van der Waals surface area contributed by atoms with Crippen LogP contribution < -0.4 is 0 Å². The van der Waals surface area contributed by atoms with Crippen LogP contribution in [0.2, 0.25) is 0 Å². The SMILES string of the molecule is CCCCCCCC(CC)N1CCN2CCOCC2C1. The molecule has 2 unspecified atom stereocenters. The van der Waals surface area contributed by atoms with E-state index in [1.165, 1.54) is 64.6 Å². The van der Waals surface area contributed by atoms with E-state index in [1.807, 2.05) is 0 Å². The molecule has 0 aromatic carbocycles. The van der Waals surface area contributed by atoms with E-state index in [0.717, 1.165) is 25.8 Å². The van der Waals surface area contributed by atoms with Crippen molar-refractivity contribution in [3.8, 4) is 0 Å². The molecule has 0 bridgehead atoms. The molecule has 20 heavy (non-hydrogen) atoms. The molecule has 2 aliphatic heterocycles. The van der Waals surface area contributed by atoms with Gasteiger partial charge in [0.05, 0.1) is 13.2 Å². The summed E-state index contributed by atoms with van der Waals surface area (Å²) in [4.78, 5) is 5.38. The summed E-state index contributed by atoms with van der Waals surface area (Å²) in [5.74, 6) is 0. The molecule has 0 radical (unpaired) electrons. The Bertz CT molecular complexity index is 259. The van der Waals surface area contributed by atoms with Gasteiger partial charge in [-0.25, -0.2) is 0 Å². The van der Waals surface area contributed by atoms with Crippen LogP contribution in [0.1, 0.15) is 58.8 Å². The van der Waals surface area contributed by atoms with E-state index < -0.39 is 0 Å². The molecule has 118 valence electrons. The second-order valence-corrected chi connectivity index (χ2v) is 6.52. The van der Waals surface area contributed by atoms with Crippen LogP contribution in [0.5, 0.6) is 0 Å². The van der Waals surface area contributed by atoms with Gasteiger partial charge in [0, 0.05) is 38.3 Å². The fourth-order valence-electron chi connectivity index (χ4n) is 3.73. The number of ether oxygens (including phenoxy) is 1. The monoisotopic (exact) mass is 282 g/mol. The first-order chi connectivity index (χ1) is 9.85. The summed E-state index contributed by atoms with van der Waals surface area (Å²) in [5, 5.41) is 0. The van der Waals surface area contributed by atoms with Crippen molar-refractivity contribution in [1.82, 2.24) is 9.80 Å². The van der Waals surface area contributed by atoms with Gasteiger partial charge in [-0.05, 0) is 12.8 Å². The number of piperazine rings is 1. The average molecular weight is 282 g/mol. The third-order valence-electron chi connectivity index (χ3n) is 5.10. The van der Waals surface area contributed by atoms with Gasteiger partial charge in [0.2, 0.25) is 0 Å². The highest BCUT2D eigenvalue weighted by molar-refractivity contribution is 4.87. The molecule has 2 rings (SSSR count). The molecule has 2 fully saturated rings. The number of hydrogen-bond donors (Lipinski definition) is 0. The molecular formula is C17H34N2O. The lowest BCUT2D eigenvalue weighted by atomic mass is 10.0. The Morgan fingerprint density at radius 1 is 1.05 bits per heavy atom. The van der Waals surface area contributed by atoms with Gasteiger partial charge in [0.15, 0.2) is 0 Å². The molecule has 0 saturated carbocycles. The maximum absolute atomic E-state index is 5.66. The third kappa shape index (κ3) is 4.71. The van der Waals surface area contributed by atoms with Gasteiger partial charge in [-0.15, -0.1) is 0 Å². The topological polar surface area (TPSA) is 15.7 Å². The predicted molar refractivity (Wildman–Crippen MR) is 85.2 cm³/mol. The van der Waals surface area contributed by atoms with Gasteiger partial charge >= 0.3 is 0 Å². The van der Waals surface area contributed by atoms with Crippen LogP contribution >= 0.6 is 0 Å². The molecule has 3 nitrogen and oxygen atoms in total. The van der Waals surface area contributed by atoms with Gasteiger partial charge in [-0.2, -0.15) is 0 Å². The molecule has 0 aromatic heterocycles. The van der Waals surface area contributed by atoms with Crippen LogP contribution in [-0.4, -0.2) is 61.3 Å². The Balaban J connectivity index is 1.70. The van der Waals surface area contributed by atoms with Gasteiger partial charge in [-0.1, -0.05) is 46.0 Å². The Hall–Kier alpha value is -0.120. The van der Waals surface area contributed by atoms with E-state index in [0.29, 0.717) is 6.04 Å². The smallest absolute Gasteiger partial charge is 0.0634 e. The number of morpholine rings is 1. The standard InChI is InChI=1S/C17H34N2O/c1-3-5-6-7-8-9-16(4-2)19-11-10-18-12-13-20-15-17(18)14-19/h16-17H,3-15H2,1-2H3. The Morgan fingerprint density at radius 2 is 1.90 bits per heavy atom. The number of unbranched alkanes of at least 4 members (excludes halogenated alkanes) is 4. The first kappa shape index (κ1) is 16.3. The lowest BCUT2D eigenvalue weighted by Gasteiger charge is -2.46. The zero-order chi connectivity index (χ0) is 14.2. The summed E-state index contributed by atoms with van der Waals surface area (Å²) in [7, 11) is 0. The summed E-state index contributed by atoms with van der Waals surface area (Å²) in [6, 6.07) is 1.47. The van der Waals surface area contributed by atoms with E-state index in [1.54, 1.807) is 0 Å². The van der Waals surface area contributed by atoms with Crippen LogP contribution in [0.25, 0.3) is 0 Å². The lowest BCUT2D eigenvalue weighted by molar-refractivity contribution is -0.0541. The van der Waals surface area contributed by atoms with E-state index in [2.05, 4.69) is 23.6 Å². The van der Waals surface area contributed by atoms with Crippen molar-refractivity contribution in [3.63, 3.8) is 0 Å². The Labute approximate surface area is 125 Å². The van der Waals surface area contributed by atoms with Gasteiger partial charge in [0.1, 0.15) is 0 Å². The maximum Gasteiger partial charge on any atom is 0.0634 e. The Kier molecular flexibility index (Phi) is 7.32. The molecule has 2 heterocycles. The van der Waals surface area contributed by atoms with Crippen LogP contribution in [0.3, 0.4) is 0 Å². The quantitative estimate of drug-likeness (QED) is 0.636. The predicted octanol–water partition coefficient (Wildman–Crippen LogP) is 3.14. The van der Waals surface area contributed by atoms with E-state index in [-0.39, 0.29) is 0 Å². The highest BCUT2D eigenvalue weighted by Gasteiger charge is 2.31. The summed E-state index contributed by atoms with van der Waals surface area (Å²) in [6.07, 6.45) is 9.73. The first-order valence-electron chi connectivity index (χ1n) is 8.91. The van der Waals surface area contributed by atoms with Crippen molar-refractivity contribution in [2.24, 2.45) is 0 Å². The van der Waals surface area contributed by atoms with Crippen molar-refractivity contribution < 1.29 is 4.74 Å². The number of rotatable bonds is 8. The minimum absolute atomic E-state index is 0.659. The fraction of sp³-hybridized carbons (Fsp3) is 1.00. The molecular weight excluding hydrogens is 248 g/mol. The van der Waals surface area contributed by atoms with Crippen LogP contribution in [0, 0.1) is 0 Å². The van der Waals surface area contributed by atoms with Crippen LogP contribution in [0.4, 0.5) is 0 Å². The van der Waals surface area contributed by atoms with Gasteiger partial charge in [-0.3, -0.25) is 9.80 Å². The maximum atomic E-state index is 5.66. The second-order valence-electron chi connectivity index (χ2n) is 6.52. The van der Waals surface area contributed by atoms with E-state index >= 15 is 0 Å². The first-order valence-corrected chi connectivity index (χ1v) is 8.91. The highest BCUT2D eigenvalue weighted by Crippen LogP contribution is 2.20. The summed E-state index contributed by atoms with van der Waals surface area (Å²) < 4.78 is 5.66. The average Bonchev–Trinajstić information content (AvgIpc) is 2.50. The van der Waals surface area contributed by atoms with E-state index in [4.69, 9.17) is 4.74 Å². The van der Waals surface area contributed by atoms with Crippen LogP contribution in [-0.2, 0) is 4.74 Å². The molecule has 3 heteroatoms. The molecule has 0 spiro atoms. The van der Waals surface area contributed by atoms with Crippen molar-refractivity contribution in [1.29, 1.82) is 0 Å². The number of hydrogen-bond acceptors (Lipinski definition) is 3. The number of fused-ring (bicyclic) bond motifs is 1. The van der Waals surface area contributed by atoms with Crippen LogP contribution in [0.15, 0.2) is 0 Å². The molecule has 0 N–H and O–H groups in total. The zero-order valence-electron chi connectivity index (χ0n) is 13.6. The lowest BCUT2D eigenvalue weighted by Crippen LogP contribution is -2.59. The van der Waals surface area contributed by atoms with Crippen molar-refractivity contribution in [3.05, 3.63) is 0 Å². The van der Waals surface area contributed by atoms with Crippen molar-refractivity contribution in [2.75, 3.05) is 39.4 Å². The van der Waals surface area contributed by atoms with E-state index in [9.17, 15) is 0 Å². The molecule has 0 aliphatic carbocycles. The molecule has 0 aromatic rings. The number of nitrogens with zero attached hydrogens (tertiary/aromatic N) is 2. The minimum atomic E-state index is 0.659. The largest absolute Gasteiger partial charge is 0.378 e.